The van der Waals surface area contributed by atoms with Crippen LogP contribution in [0.15, 0.2) is 42.6 Å². The maximum atomic E-state index is 12.8. The van der Waals surface area contributed by atoms with Gasteiger partial charge in [-0.3, -0.25) is 4.98 Å². The highest BCUT2D eigenvalue weighted by Gasteiger charge is 2.34. The van der Waals surface area contributed by atoms with E-state index in [-0.39, 0.29) is 10.3 Å². The molecule has 1 N–H and O–H groups in total. The Balaban J connectivity index is 2.29. The van der Waals surface area contributed by atoms with Gasteiger partial charge >= 0.3 is 6.18 Å². The van der Waals surface area contributed by atoms with Crippen LogP contribution in [0.5, 0.6) is 0 Å². The molecule has 1 aromatic carbocycles. The molecular formula is C14H8F3N3S. The second-order valence-electron chi connectivity index (χ2n) is 4.36. The van der Waals surface area contributed by atoms with Gasteiger partial charge in [0.25, 0.3) is 0 Å². The molecule has 3 aromatic rings. The Hall–Kier alpha value is -2.28. The fourth-order valence-electron chi connectivity index (χ4n) is 2.06. The monoisotopic (exact) mass is 307 g/mol. The molecule has 0 saturated heterocycles. The van der Waals surface area contributed by atoms with Gasteiger partial charge in [0.05, 0.1) is 11.2 Å². The first-order valence-corrected chi connectivity index (χ1v) is 6.39. The largest absolute Gasteiger partial charge is 0.449 e. The van der Waals surface area contributed by atoms with Gasteiger partial charge in [0.15, 0.2) is 0 Å². The summed E-state index contributed by atoms with van der Waals surface area (Å²) in [6.45, 7) is 0. The Morgan fingerprint density at radius 3 is 2.62 bits per heavy atom. The zero-order valence-electron chi connectivity index (χ0n) is 10.5. The van der Waals surface area contributed by atoms with Gasteiger partial charge in [0.1, 0.15) is 4.64 Å². The summed E-state index contributed by atoms with van der Waals surface area (Å²) in [5, 5.41) is 0.833. The van der Waals surface area contributed by atoms with Gasteiger partial charge in [0.2, 0.25) is 5.82 Å². The number of aromatic nitrogens is 3. The van der Waals surface area contributed by atoms with Crippen LogP contribution in [0.1, 0.15) is 5.82 Å². The molecule has 3 nitrogen and oxygen atoms in total. The average molecular weight is 307 g/mol. The number of nitrogens with one attached hydrogen (secondary N) is 1. The number of fused-ring (bicyclic) bond motifs is 1. The molecule has 0 bridgehead atoms. The number of hydrogen-bond acceptors (Lipinski definition) is 3. The summed E-state index contributed by atoms with van der Waals surface area (Å²) in [6, 6.07) is 10.3. The highest BCUT2D eigenvalue weighted by atomic mass is 32.1. The predicted molar refractivity (Wildman–Crippen MR) is 75.2 cm³/mol. The molecule has 2 aromatic heterocycles. The third-order valence-electron chi connectivity index (χ3n) is 2.93. The fourth-order valence-corrected chi connectivity index (χ4v) is 2.27. The minimum atomic E-state index is -4.58. The summed E-state index contributed by atoms with van der Waals surface area (Å²) in [7, 11) is 0. The van der Waals surface area contributed by atoms with Crippen LogP contribution in [0.2, 0.25) is 0 Å². The van der Waals surface area contributed by atoms with E-state index < -0.39 is 12.0 Å². The van der Waals surface area contributed by atoms with Gasteiger partial charge in [0, 0.05) is 17.1 Å². The Morgan fingerprint density at radius 1 is 1.10 bits per heavy atom. The number of para-hydroxylation sites is 1. The second kappa shape index (κ2) is 4.92. The molecule has 0 fully saturated rings. The van der Waals surface area contributed by atoms with Crippen molar-refractivity contribution in [2.24, 2.45) is 0 Å². The lowest BCUT2D eigenvalue weighted by Gasteiger charge is -2.10. The molecule has 0 unspecified atom stereocenters. The Labute approximate surface area is 122 Å². The quantitative estimate of drug-likeness (QED) is 0.679. The fraction of sp³-hybridized carbons (Fsp3) is 0.0714. The van der Waals surface area contributed by atoms with Crippen molar-refractivity contribution in [3.63, 3.8) is 0 Å². The standard InChI is InChI=1S/C14H8F3N3S/c15-14(16,17)13-19-10(7-11(21)20-13)9-5-1-3-8-4-2-6-18-12(8)9/h1-7H,(H,19,20,21). The lowest BCUT2D eigenvalue weighted by atomic mass is 10.1. The van der Waals surface area contributed by atoms with Gasteiger partial charge in [-0.15, -0.1) is 0 Å². The number of hydrogen-bond donors (Lipinski definition) is 1. The van der Waals surface area contributed by atoms with Crippen LogP contribution in [0.4, 0.5) is 13.2 Å². The zero-order chi connectivity index (χ0) is 15.0. The smallest absolute Gasteiger partial charge is 0.335 e. The van der Waals surface area contributed by atoms with Crippen LogP contribution in [0.25, 0.3) is 22.2 Å². The van der Waals surface area contributed by atoms with Crippen molar-refractivity contribution in [1.29, 1.82) is 0 Å². The normalized spacial score (nSPS) is 11.8. The number of aromatic amines is 1. The van der Waals surface area contributed by atoms with Gasteiger partial charge in [-0.05, 0) is 12.1 Å². The van der Waals surface area contributed by atoms with Crippen molar-refractivity contribution in [2.75, 3.05) is 0 Å². The van der Waals surface area contributed by atoms with E-state index in [4.69, 9.17) is 12.2 Å². The molecule has 0 spiro atoms. The van der Waals surface area contributed by atoms with Crippen molar-refractivity contribution in [3.8, 4) is 11.3 Å². The average Bonchev–Trinajstić information content (AvgIpc) is 2.45. The van der Waals surface area contributed by atoms with E-state index in [0.29, 0.717) is 11.1 Å². The summed E-state index contributed by atoms with van der Waals surface area (Å²) in [6.07, 6.45) is -2.99. The Morgan fingerprint density at radius 2 is 1.86 bits per heavy atom. The molecule has 0 radical (unpaired) electrons. The number of rotatable bonds is 1. The highest BCUT2D eigenvalue weighted by Crippen LogP contribution is 2.30. The molecule has 0 atom stereocenters. The van der Waals surface area contributed by atoms with Crippen molar-refractivity contribution < 1.29 is 13.2 Å². The molecule has 7 heteroatoms. The Bertz CT molecular complexity index is 866. The van der Waals surface area contributed by atoms with Gasteiger partial charge in [-0.25, -0.2) is 4.98 Å². The lowest BCUT2D eigenvalue weighted by molar-refractivity contribution is -0.144. The second-order valence-corrected chi connectivity index (χ2v) is 4.78. The SMILES string of the molecule is FC(F)(F)c1nc(=S)cc(-c2cccc3cccnc23)[nH]1. The highest BCUT2D eigenvalue weighted by molar-refractivity contribution is 7.71. The molecule has 0 saturated carbocycles. The van der Waals surface area contributed by atoms with E-state index in [2.05, 4.69) is 15.0 Å². The maximum Gasteiger partial charge on any atom is 0.449 e. The number of halogens is 3. The van der Waals surface area contributed by atoms with Crippen LogP contribution >= 0.6 is 12.2 Å². The lowest BCUT2D eigenvalue weighted by Crippen LogP contribution is -2.11. The number of alkyl halides is 3. The molecule has 3 rings (SSSR count). The molecule has 2 heterocycles. The third-order valence-corrected chi connectivity index (χ3v) is 3.14. The number of pyridine rings is 1. The van der Waals surface area contributed by atoms with Crippen LogP contribution in [0, 0.1) is 4.64 Å². The molecule has 0 amide bonds. The van der Waals surface area contributed by atoms with Gasteiger partial charge in [-0.2, -0.15) is 13.2 Å². The first kappa shape index (κ1) is 13.7. The van der Waals surface area contributed by atoms with Crippen molar-refractivity contribution in [2.45, 2.75) is 6.18 Å². The molecule has 0 aliphatic rings. The molecular weight excluding hydrogens is 299 g/mol. The van der Waals surface area contributed by atoms with E-state index in [1.165, 1.54) is 6.07 Å². The van der Waals surface area contributed by atoms with Crippen LogP contribution in [0.3, 0.4) is 0 Å². The zero-order valence-corrected chi connectivity index (χ0v) is 11.3. The maximum absolute atomic E-state index is 12.8. The van der Waals surface area contributed by atoms with E-state index >= 15 is 0 Å². The molecule has 0 aliphatic heterocycles. The molecule has 106 valence electrons. The van der Waals surface area contributed by atoms with Crippen LogP contribution in [-0.2, 0) is 6.18 Å². The first-order chi connectivity index (χ1) is 9.95. The summed E-state index contributed by atoms with van der Waals surface area (Å²) >= 11 is 4.83. The summed E-state index contributed by atoms with van der Waals surface area (Å²) in [5.41, 5.74) is 1.39. The summed E-state index contributed by atoms with van der Waals surface area (Å²) < 4.78 is 38.3. The van der Waals surface area contributed by atoms with Crippen LogP contribution < -0.4 is 0 Å². The first-order valence-electron chi connectivity index (χ1n) is 5.98. The van der Waals surface area contributed by atoms with Crippen LogP contribution in [-0.4, -0.2) is 15.0 Å². The van der Waals surface area contributed by atoms with Crippen molar-refractivity contribution >= 4 is 23.1 Å². The van der Waals surface area contributed by atoms with E-state index in [0.717, 1.165) is 5.39 Å². The number of benzene rings is 1. The summed E-state index contributed by atoms with van der Waals surface area (Å²) in [5.74, 6) is -1.11. The topological polar surface area (TPSA) is 41.6 Å². The van der Waals surface area contributed by atoms with Gasteiger partial charge in [-0.1, -0.05) is 36.5 Å². The predicted octanol–water partition coefficient (Wildman–Crippen LogP) is 4.37. The van der Waals surface area contributed by atoms with Gasteiger partial charge < -0.3 is 4.98 Å². The van der Waals surface area contributed by atoms with Crippen molar-refractivity contribution in [3.05, 3.63) is 53.1 Å². The van der Waals surface area contributed by atoms with E-state index in [1.807, 2.05) is 12.1 Å². The molecule has 21 heavy (non-hydrogen) atoms. The minimum absolute atomic E-state index is 0.121. The van der Waals surface area contributed by atoms with Crippen molar-refractivity contribution in [1.82, 2.24) is 15.0 Å². The third kappa shape index (κ3) is 2.64. The number of nitrogens with zero attached hydrogens (tertiary/aromatic N) is 2. The van der Waals surface area contributed by atoms with E-state index in [1.54, 1.807) is 24.4 Å². The number of H-pyrrole nitrogens is 1. The summed E-state index contributed by atoms with van der Waals surface area (Å²) in [4.78, 5) is 9.84. The minimum Gasteiger partial charge on any atom is -0.335 e. The Kier molecular flexibility index (Phi) is 3.21. The molecule has 0 aliphatic carbocycles. The van der Waals surface area contributed by atoms with E-state index in [9.17, 15) is 13.2 Å².